The minimum absolute atomic E-state index is 0.210. The monoisotopic (exact) mass is 323 g/mol. The SMILES string of the molecule is COC(=O)C(C)Nc1c(C(=O)c2snnc2C)c(C)nn1C. The zero-order valence-corrected chi connectivity index (χ0v) is 13.8. The number of aryl methyl sites for hydroxylation is 3. The van der Waals surface area contributed by atoms with Gasteiger partial charge in [-0.1, -0.05) is 4.49 Å². The predicted molar refractivity (Wildman–Crippen MR) is 81.1 cm³/mol. The van der Waals surface area contributed by atoms with E-state index in [9.17, 15) is 9.59 Å². The van der Waals surface area contributed by atoms with Crippen molar-refractivity contribution in [3.05, 3.63) is 21.8 Å². The summed E-state index contributed by atoms with van der Waals surface area (Å²) in [6, 6.07) is -0.605. The van der Waals surface area contributed by atoms with E-state index in [4.69, 9.17) is 0 Å². The van der Waals surface area contributed by atoms with Crippen molar-refractivity contribution in [2.75, 3.05) is 12.4 Å². The number of ether oxygens (including phenoxy) is 1. The van der Waals surface area contributed by atoms with E-state index in [0.29, 0.717) is 27.6 Å². The molecule has 2 rings (SSSR count). The highest BCUT2D eigenvalue weighted by atomic mass is 32.1. The Kier molecular flexibility index (Phi) is 4.55. The van der Waals surface area contributed by atoms with Crippen LogP contribution >= 0.6 is 11.5 Å². The van der Waals surface area contributed by atoms with Crippen LogP contribution in [0.25, 0.3) is 0 Å². The lowest BCUT2D eigenvalue weighted by molar-refractivity contribution is -0.141. The Morgan fingerprint density at radius 3 is 2.55 bits per heavy atom. The third-order valence-electron chi connectivity index (χ3n) is 3.22. The lowest BCUT2D eigenvalue weighted by Crippen LogP contribution is -2.29. The number of nitrogens with one attached hydrogen (secondary N) is 1. The molecule has 0 aliphatic heterocycles. The summed E-state index contributed by atoms with van der Waals surface area (Å²) in [5, 5.41) is 11.1. The standard InChI is InChI=1S/C13H17N5O3S/c1-6-9(10(19)11-7(2)15-17-22-11)12(18(4)16-6)14-8(3)13(20)21-5/h8,14H,1-5H3. The van der Waals surface area contributed by atoms with Gasteiger partial charge in [-0.25, -0.2) is 4.79 Å². The Balaban J connectivity index is 2.42. The Morgan fingerprint density at radius 2 is 2.00 bits per heavy atom. The molecule has 2 aromatic heterocycles. The van der Waals surface area contributed by atoms with Crippen molar-refractivity contribution in [3.8, 4) is 0 Å². The smallest absolute Gasteiger partial charge is 0.328 e. The number of methoxy groups -OCH3 is 1. The zero-order chi connectivity index (χ0) is 16.4. The molecule has 2 aromatic rings. The van der Waals surface area contributed by atoms with Crippen LogP contribution in [-0.4, -0.2) is 44.3 Å². The Morgan fingerprint density at radius 1 is 1.32 bits per heavy atom. The van der Waals surface area contributed by atoms with E-state index in [2.05, 4.69) is 24.7 Å². The molecule has 118 valence electrons. The van der Waals surface area contributed by atoms with E-state index in [-0.39, 0.29) is 5.78 Å². The summed E-state index contributed by atoms with van der Waals surface area (Å²) < 4.78 is 10.0. The highest BCUT2D eigenvalue weighted by molar-refractivity contribution is 7.08. The highest BCUT2D eigenvalue weighted by Crippen LogP contribution is 2.25. The molecule has 0 radical (unpaired) electrons. The number of rotatable bonds is 5. The first-order valence-corrected chi connectivity index (χ1v) is 7.35. The number of hydrogen-bond acceptors (Lipinski definition) is 8. The quantitative estimate of drug-likeness (QED) is 0.649. The molecule has 0 aromatic carbocycles. The molecule has 0 spiro atoms. The fourth-order valence-electron chi connectivity index (χ4n) is 2.09. The largest absolute Gasteiger partial charge is 0.467 e. The maximum Gasteiger partial charge on any atom is 0.328 e. The Hall–Kier alpha value is -2.29. The van der Waals surface area contributed by atoms with Crippen LogP contribution in [-0.2, 0) is 16.6 Å². The van der Waals surface area contributed by atoms with Gasteiger partial charge in [0.1, 0.15) is 16.7 Å². The molecule has 1 N–H and O–H groups in total. The summed E-state index contributed by atoms with van der Waals surface area (Å²) in [5.41, 5.74) is 1.55. The first-order chi connectivity index (χ1) is 10.4. The zero-order valence-electron chi connectivity index (χ0n) is 13.0. The molecule has 22 heavy (non-hydrogen) atoms. The fourth-order valence-corrected chi connectivity index (χ4v) is 2.69. The van der Waals surface area contributed by atoms with E-state index in [1.807, 2.05) is 0 Å². The molecule has 9 heteroatoms. The normalized spacial score (nSPS) is 12.0. The van der Waals surface area contributed by atoms with Gasteiger partial charge in [-0.05, 0) is 32.3 Å². The van der Waals surface area contributed by atoms with E-state index in [1.54, 1.807) is 27.8 Å². The Bertz CT molecular complexity index is 721. The number of esters is 1. The number of hydrogen-bond donors (Lipinski definition) is 1. The average molecular weight is 323 g/mol. The van der Waals surface area contributed by atoms with Gasteiger partial charge in [0.15, 0.2) is 0 Å². The minimum Gasteiger partial charge on any atom is -0.467 e. The van der Waals surface area contributed by atoms with Gasteiger partial charge in [-0.3, -0.25) is 9.48 Å². The lowest BCUT2D eigenvalue weighted by Gasteiger charge is -2.14. The van der Waals surface area contributed by atoms with Crippen molar-refractivity contribution in [2.24, 2.45) is 7.05 Å². The first kappa shape index (κ1) is 16.1. The molecule has 0 aliphatic rings. The van der Waals surface area contributed by atoms with Crippen molar-refractivity contribution >= 4 is 29.1 Å². The van der Waals surface area contributed by atoms with Crippen LogP contribution in [0, 0.1) is 13.8 Å². The summed E-state index contributed by atoms with van der Waals surface area (Å²) in [6.45, 7) is 5.12. The number of ketones is 1. The molecule has 0 aliphatic carbocycles. The molecule has 1 atom stereocenters. The summed E-state index contributed by atoms with van der Waals surface area (Å²) in [5.74, 6) is -0.168. The lowest BCUT2D eigenvalue weighted by atomic mass is 10.1. The maximum absolute atomic E-state index is 12.7. The molecule has 0 saturated heterocycles. The molecule has 0 saturated carbocycles. The topological polar surface area (TPSA) is 99.0 Å². The molecule has 8 nitrogen and oxygen atoms in total. The van der Waals surface area contributed by atoms with E-state index < -0.39 is 12.0 Å². The van der Waals surface area contributed by atoms with Gasteiger partial charge in [0.25, 0.3) is 0 Å². The summed E-state index contributed by atoms with van der Waals surface area (Å²) in [7, 11) is 3.02. The fraction of sp³-hybridized carbons (Fsp3) is 0.462. The number of anilines is 1. The predicted octanol–water partition coefficient (Wildman–Crippen LogP) is 1.09. The highest BCUT2D eigenvalue weighted by Gasteiger charge is 2.26. The van der Waals surface area contributed by atoms with Crippen LogP contribution in [0.5, 0.6) is 0 Å². The van der Waals surface area contributed by atoms with Crippen LogP contribution < -0.4 is 5.32 Å². The van der Waals surface area contributed by atoms with Crippen LogP contribution in [0.4, 0.5) is 5.82 Å². The molecule has 1 unspecified atom stereocenters. The van der Waals surface area contributed by atoms with Crippen molar-refractivity contribution in [2.45, 2.75) is 26.8 Å². The van der Waals surface area contributed by atoms with Gasteiger partial charge in [0.05, 0.1) is 24.1 Å². The number of carbonyl (C=O) groups is 2. The average Bonchev–Trinajstić information content (AvgIpc) is 3.01. The van der Waals surface area contributed by atoms with Gasteiger partial charge >= 0.3 is 5.97 Å². The maximum atomic E-state index is 12.7. The van der Waals surface area contributed by atoms with Gasteiger partial charge in [0.2, 0.25) is 5.78 Å². The van der Waals surface area contributed by atoms with Crippen LogP contribution in [0.1, 0.15) is 33.5 Å². The van der Waals surface area contributed by atoms with Crippen LogP contribution in [0.3, 0.4) is 0 Å². The second-order valence-corrected chi connectivity index (χ2v) is 5.59. The van der Waals surface area contributed by atoms with Gasteiger partial charge in [-0.15, -0.1) is 5.10 Å². The summed E-state index contributed by atoms with van der Waals surface area (Å²) in [6.07, 6.45) is 0. The van der Waals surface area contributed by atoms with Crippen molar-refractivity contribution in [3.63, 3.8) is 0 Å². The molecule has 0 fully saturated rings. The van der Waals surface area contributed by atoms with Crippen LogP contribution in [0.15, 0.2) is 0 Å². The number of aromatic nitrogens is 4. The van der Waals surface area contributed by atoms with Crippen LogP contribution in [0.2, 0.25) is 0 Å². The van der Waals surface area contributed by atoms with E-state index in [0.717, 1.165) is 11.5 Å². The summed E-state index contributed by atoms with van der Waals surface area (Å²) in [4.78, 5) is 24.8. The molecule has 2 heterocycles. The second-order valence-electron chi connectivity index (χ2n) is 4.84. The number of nitrogens with zero attached hydrogens (tertiary/aromatic N) is 4. The van der Waals surface area contributed by atoms with Gasteiger partial charge < -0.3 is 10.1 Å². The molecule has 0 bridgehead atoms. The third kappa shape index (κ3) is 2.84. The molecular weight excluding hydrogens is 306 g/mol. The summed E-state index contributed by atoms with van der Waals surface area (Å²) >= 11 is 1.04. The van der Waals surface area contributed by atoms with Crippen molar-refractivity contribution in [1.82, 2.24) is 19.4 Å². The van der Waals surface area contributed by atoms with E-state index in [1.165, 1.54) is 11.8 Å². The second kappa shape index (κ2) is 6.22. The van der Waals surface area contributed by atoms with Gasteiger partial charge in [-0.2, -0.15) is 5.10 Å². The van der Waals surface area contributed by atoms with E-state index >= 15 is 0 Å². The van der Waals surface area contributed by atoms with Gasteiger partial charge in [0, 0.05) is 7.05 Å². The van der Waals surface area contributed by atoms with Crippen molar-refractivity contribution < 1.29 is 14.3 Å². The third-order valence-corrected chi connectivity index (χ3v) is 4.04. The first-order valence-electron chi connectivity index (χ1n) is 6.58. The Labute approximate surface area is 131 Å². The molecule has 0 amide bonds. The number of carbonyl (C=O) groups excluding carboxylic acids is 2. The molecular formula is C13H17N5O3S. The van der Waals surface area contributed by atoms with Crippen molar-refractivity contribution in [1.29, 1.82) is 0 Å². The minimum atomic E-state index is -0.605.